The molecular formula is C23H36N2O3. The third kappa shape index (κ3) is 7.17. The average Bonchev–Trinajstić information content (AvgIpc) is 2.66. The highest BCUT2D eigenvalue weighted by Gasteiger charge is 2.30. The Morgan fingerprint density at radius 3 is 2.21 bits per heavy atom. The monoisotopic (exact) mass is 388 g/mol. The standard InChI is InChI=1S/C23H36N2O3/c1-5-6-7-16-28-20-14-12-19(13-15-20)25-22(27)21(26)24-18-10-8-17(9-11-18)23(2,3)4/h12-15,17-18H,5-11,16H2,1-4H3,(H,24,26)(H,25,27). The molecule has 0 atom stereocenters. The lowest BCUT2D eigenvalue weighted by atomic mass is 9.71. The third-order valence-electron chi connectivity index (χ3n) is 5.62. The lowest BCUT2D eigenvalue weighted by Crippen LogP contribution is -2.44. The molecule has 0 radical (unpaired) electrons. The van der Waals surface area contributed by atoms with Crippen LogP contribution < -0.4 is 15.4 Å². The molecular weight excluding hydrogens is 352 g/mol. The fourth-order valence-corrected chi connectivity index (χ4v) is 3.72. The quantitative estimate of drug-likeness (QED) is 0.515. The number of nitrogens with one attached hydrogen (secondary N) is 2. The second kappa shape index (κ2) is 10.5. The number of anilines is 1. The summed E-state index contributed by atoms with van der Waals surface area (Å²) in [6, 6.07) is 7.24. The van der Waals surface area contributed by atoms with Crippen LogP contribution in [0.2, 0.25) is 0 Å². The molecule has 2 rings (SSSR count). The van der Waals surface area contributed by atoms with Crippen LogP contribution in [0.15, 0.2) is 24.3 Å². The van der Waals surface area contributed by atoms with Gasteiger partial charge in [-0.3, -0.25) is 9.59 Å². The van der Waals surface area contributed by atoms with Crippen LogP contribution in [0.25, 0.3) is 0 Å². The number of hydrogen-bond donors (Lipinski definition) is 2. The van der Waals surface area contributed by atoms with Crippen molar-refractivity contribution in [2.24, 2.45) is 11.3 Å². The number of rotatable bonds is 7. The summed E-state index contributed by atoms with van der Waals surface area (Å²) in [5.74, 6) is 0.278. The van der Waals surface area contributed by atoms with E-state index in [2.05, 4.69) is 38.3 Å². The number of amides is 2. The van der Waals surface area contributed by atoms with E-state index in [1.165, 1.54) is 0 Å². The van der Waals surface area contributed by atoms with E-state index in [-0.39, 0.29) is 6.04 Å². The van der Waals surface area contributed by atoms with E-state index in [1.54, 1.807) is 12.1 Å². The van der Waals surface area contributed by atoms with Crippen LogP contribution in [-0.4, -0.2) is 24.5 Å². The Balaban J connectivity index is 1.74. The van der Waals surface area contributed by atoms with Crippen molar-refractivity contribution in [3.8, 4) is 5.75 Å². The third-order valence-corrected chi connectivity index (χ3v) is 5.62. The highest BCUT2D eigenvalue weighted by Crippen LogP contribution is 2.37. The van der Waals surface area contributed by atoms with Gasteiger partial charge in [-0.25, -0.2) is 0 Å². The van der Waals surface area contributed by atoms with Crippen molar-refractivity contribution in [3.05, 3.63) is 24.3 Å². The number of ether oxygens (including phenoxy) is 1. The Morgan fingerprint density at radius 2 is 1.64 bits per heavy atom. The summed E-state index contributed by atoms with van der Waals surface area (Å²) >= 11 is 0. The molecule has 0 aromatic heterocycles. The second-order valence-electron chi connectivity index (χ2n) is 8.92. The molecule has 1 aliphatic rings. The van der Waals surface area contributed by atoms with Gasteiger partial charge in [-0.1, -0.05) is 40.5 Å². The van der Waals surface area contributed by atoms with Gasteiger partial charge in [0.2, 0.25) is 0 Å². The summed E-state index contributed by atoms with van der Waals surface area (Å²) in [6.45, 7) is 9.66. The first-order valence-electron chi connectivity index (χ1n) is 10.6. The van der Waals surface area contributed by atoms with Crippen molar-refractivity contribution in [1.29, 1.82) is 0 Å². The fourth-order valence-electron chi connectivity index (χ4n) is 3.72. The van der Waals surface area contributed by atoms with Crippen molar-refractivity contribution in [3.63, 3.8) is 0 Å². The van der Waals surface area contributed by atoms with Gasteiger partial charge in [0.1, 0.15) is 5.75 Å². The van der Waals surface area contributed by atoms with Gasteiger partial charge in [0.15, 0.2) is 0 Å². The van der Waals surface area contributed by atoms with E-state index in [0.29, 0.717) is 23.6 Å². The molecule has 0 unspecified atom stereocenters. The van der Waals surface area contributed by atoms with Gasteiger partial charge in [-0.05, 0) is 67.7 Å². The van der Waals surface area contributed by atoms with Crippen molar-refractivity contribution in [1.82, 2.24) is 5.32 Å². The summed E-state index contributed by atoms with van der Waals surface area (Å²) in [5.41, 5.74) is 0.899. The van der Waals surface area contributed by atoms with Crippen LogP contribution >= 0.6 is 0 Å². The topological polar surface area (TPSA) is 67.4 Å². The number of carbonyl (C=O) groups excluding carboxylic acids is 2. The molecule has 2 N–H and O–H groups in total. The molecule has 0 heterocycles. The molecule has 1 fully saturated rings. The smallest absolute Gasteiger partial charge is 0.313 e. The van der Waals surface area contributed by atoms with E-state index in [9.17, 15) is 9.59 Å². The summed E-state index contributed by atoms with van der Waals surface area (Å²) in [5, 5.41) is 5.55. The zero-order valence-electron chi connectivity index (χ0n) is 17.8. The van der Waals surface area contributed by atoms with Crippen LogP contribution in [0.3, 0.4) is 0 Å². The number of benzene rings is 1. The second-order valence-corrected chi connectivity index (χ2v) is 8.92. The lowest BCUT2D eigenvalue weighted by molar-refractivity contribution is -0.136. The van der Waals surface area contributed by atoms with Crippen LogP contribution in [0.4, 0.5) is 5.69 Å². The highest BCUT2D eigenvalue weighted by molar-refractivity contribution is 6.39. The van der Waals surface area contributed by atoms with Crippen LogP contribution in [0.5, 0.6) is 5.75 Å². The predicted octanol–water partition coefficient (Wildman–Crippen LogP) is 4.92. The minimum atomic E-state index is -0.616. The normalized spacial score (nSPS) is 19.7. The SMILES string of the molecule is CCCCCOc1ccc(NC(=O)C(=O)NC2CCC(C(C)(C)C)CC2)cc1. The molecule has 5 heteroatoms. The zero-order valence-corrected chi connectivity index (χ0v) is 17.8. The Hall–Kier alpha value is -2.04. The van der Waals surface area contributed by atoms with Gasteiger partial charge in [0.25, 0.3) is 0 Å². The van der Waals surface area contributed by atoms with Gasteiger partial charge in [-0.2, -0.15) is 0 Å². The van der Waals surface area contributed by atoms with Gasteiger partial charge >= 0.3 is 11.8 Å². The number of carbonyl (C=O) groups is 2. The minimum Gasteiger partial charge on any atom is -0.494 e. The van der Waals surface area contributed by atoms with Gasteiger partial charge in [0, 0.05) is 11.7 Å². The highest BCUT2D eigenvalue weighted by atomic mass is 16.5. The molecule has 1 aromatic carbocycles. The molecule has 5 nitrogen and oxygen atoms in total. The predicted molar refractivity (Wildman–Crippen MR) is 113 cm³/mol. The zero-order chi connectivity index (χ0) is 20.6. The maximum Gasteiger partial charge on any atom is 0.313 e. The number of unbranched alkanes of at least 4 members (excludes halogenated alkanes) is 2. The molecule has 0 spiro atoms. The van der Waals surface area contributed by atoms with E-state index in [1.807, 2.05) is 12.1 Å². The Labute approximate surface area is 169 Å². The van der Waals surface area contributed by atoms with Crippen molar-refractivity contribution >= 4 is 17.5 Å². The lowest BCUT2D eigenvalue weighted by Gasteiger charge is -2.37. The molecule has 1 saturated carbocycles. The van der Waals surface area contributed by atoms with E-state index < -0.39 is 11.8 Å². The van der Waals surface area contributed by atoms with Gasteiger partial charge in [0.05, 0.1) is 6.61 Å². The van der Waals surface area contributed by atoms with Gasteiger partial charge < -0.3 is 15.4 Å². The fraction of sp³-hybridized carbons (Fsp3) is 0.652. The molecule has 1 aromatic rings. The average molecular weight is 389 g/mol. The minimum absolute atomic E-state index is 0.0933. The van der Waals surface area contributed by atoms with Crippen molar-refractivity contribution in [2.75, 3.05) is 11.9 Å². The molecule has 0 aliphatic heterocycles. The van der Waals surface area contributed by atoms with Gasteiger partial charge in [-0.15, -0.1) is 0 Å². The van der Waals surface area contributed by atoms with Crippen molar-refractivity contribution in [2.45, 2.75) is 78.7 Å². The maximum absolute atomic E-state index is 12.2. The van der Waals surface area contributed by atoms with Crippen LogP contribution in [0.1, 0.15) is 72.6 Å². The molecule has 28 heavy (non-hydrogen) atoms. The first-order valence-corrected chi connectivity index (χ1v) is 10.6. The molecule has 2 amide bonds. The molecule has 0 saturated heterocycles. The Bertz CT molecular complexity index is 626. The summed E-state index contributed by atoms with van der Waals surface area (Å²) in [6.07, 6.45) is 7.41. The summed E-state index contributed by atoms with van der Waals surface area (Å²) < 4.78 is 5.66. The largest absolute Gasteiger partial charge is 0.494 e. The first-order chi connectivity index (χ1) is 13.3. The molecule has 1 aliphatic carbocycles. The van der Waals surface area contributed by atoms with Crippen LogP contribution in [-0.2, 0) is 9.59 Å². The summed E-state index contributed by atoms with van der Waals surface area (Å²) in [4.78, 5) is 24.4. The maximum atomic E-state index is 12.2. The molecule has 156 valence electrons. The Morgan fingerprint density at radius 1 is 1.00 bits per heavy atom. The number of hydrogen-bond acceptors (Lipinski definition) is 3. The summed E-state index contributed by atoms with van der Waals surface area (Å²) in [7, 11) is 0. The van der Waals surface area contributed by atoms with E-state index >= 15 is 0 Å². The van der Waals surface area contributed by atoms with Crippen LogP contribution in [0, 0.1) is 11.3 Å². The van der Waals surface area contributed by atoms with Crippen molar-refractivity contribution < 1.29 is 14.3 Å². The first kappa shape index (κ1) is 22.3. The van der Waals surface area contributed by atoms with E-state index in [0.717, 1.165) is 50.7 Å². The molecule has 0 bridgehead atoms. The Kier molecular flexibility index (Phi) is 8.34. The van der Waals surface area contributed by atoms with E-state index in [4.69, 9.17) is 4.74 Å².